The maximum absolute atomic E-state index is 10.7. The third-order valence-corrected chi connectivity index (χ3v) is 1.96. The molecule has 1 aromatic heterocycles. The van der Waals surface area contributed by atoms with Crippen molar-refractivity contribution in [3.05, 3.63) is 35.9 Å². The van der Waals surface area contributed by atoms with Crippen molar-refractivity contribution in [1.82, 2.24) is 4.98 Å². The van der Waals surface area contributed by atoms with Crippen LogP contribution in [0.1, 0.15) is 24.2 Å². The topological polar surface area (TPSA) is 76.2 Å². The van der Waals surface area contributed by atoms with Crippen LogP contribution in [0, 0.1) is 0 Å². The second kappa shape index (κ2) is 5.11. The molecule has 3 N–H and O–H groups in total. The number of pyridine rings is 1. The van der Waals surface area contributed by atoms with E-state index < -0.39 is 5.97 Å². The van der Waals surface area contributed by atoms with E-state index in [0.717, 1.165) is 5.39 Å². The molecule has 84 valence electrons. The molecule has 0 fully saturated rings. The van der Waals surface area contributed by atoms with Crippen LogP contribution in [0.3, 0.4) is 0 Å². The van der Waals surface area contributed by atoms with Gasteiger partial charge in [-0.15, -0.1) is 0 Å². The fourth-order valence-corrected chi connectivity index (χ4v) is 1.27. The monoisotopic (exact) mass is 218 g/mol. The van der Waals surface area contributed by atoms with Gasteiger partial charge in [-0.2, -0.15) is 0 Å². The normalized spacial score (nSPS) is 9.38. The maximum Gasteiger partial charge on any atom is 0.335 e. The minimum absolute atomic E-state index is 0.254. The highest BCUT2D eigenvalue weighted by atomic mass is 16.4. The second-order valence-electron chi connectivity index (χ2n) is 2.95. The smallest absolute Gasteiger partial charge is 0.335 e. The Labute approximate surface area is 93.7 Å². The van der Waals surface area contributed by atoms with Gasteiger partial charge in [0, 0.05) is 5.39 Å². The third kappa shape index (κ3) is 2.48. The zero-order valence-electron chi connectivity index (χ0n) is 9.27. The first-order valence-electron chi connectivity index (χ1n) is 5.06. The molecule has 0 radical (unpaired) electrons. The van der Waals surface area contributed by atoms with Crippen LogP contribution in [-0.4, -0.2) is 16.1 Å². The lowest BCUT2D eigenvalue weighted by Crippen LogP contribution is -1.96. The van der Waals surface area contributed by atoms with Gasteiger partial charge in [0.15, 0.2) is 0 Å². The Kier molecular flexibility index (Phi) is 3.83. The summed E-state index contributed by atoms with van der Waals surface area (Å²) in [5, 5.41) is 9.53. The van der Waals surface area contributed by atoms with Gasteiger partial charge < -0.3 is 10.8 Å². The molecule has 4 nitrogen and oxygen atoms in total. The van der Waals surface area contributed by atoms with Gasteiger partial charge in [-0.3, -0.25) is 0 Å². The van der Waals surface area contributed by atoms with Crippen LogP contribution < -0.4 is 5.73 Å². The molecule has 0 saturated carbocycles. The van der Waals surface area contributed by atoms with Crippen molar-refractivity contribution in [2.75, 3.05) is 5.73 Å². The van der Waals surface area contributed by atoms with E-state index in [1.807, 2.05) is 13.8 Å². The highest BCUT2D eigenvalue weighted by molar-refractivity contribution is 5.93. The lowest BCUT2D eigenvalue weighted by molar-refractivity contribution is 0.0697. The highest BCUT2D eigenvalue weighted by Crippen LogP contribution is 2.15. The fraction of sp³-hybridized carbons (Fsp3) is 0.167. The Balaban J connectivity index is 0.000000606. The summed E-state index contributed by atoms with van der Waals surface area (Å²) in [4.78, 5) is 14.7. The number of benzene rings is 1. The van der Waals surface area contributed by atoms with Crippen LogP contribution in [0.2, 0.25) is 0 Å². The zero-order valence-corrected chi connectivity index (χ0v) is 9.27. The minimum Gasteiger partial charge on any atom is -0.478 e. The summed E-state index contributed by atoms with van der Waals surface area (Å²) in [6, 6.07) is 8.13. The number of hydrogen-bond acceptors (Lipinski definition) is 3. The van der Waals surface area contributed by atoms with Crippen LogP contribution in [-0.2, 0) is 0 Å². The number of nitrogens with zero attached hydrogens (tertiary/aromatic N) is 1. The number of hydrogen-bond donors (Lipinski definition) is 2. The van der Waals surface area contributed by atoms with Crippen LogP contribution >= 0.6 is 0 Å². The van der Waals surface area contributed by atoms with Crippen LogP contribution in [0.5, 0.6) is 0 Å². The summed E-state index contributed by atoms with van der Waals surface area (Å²) in [5.74, 6) is -0.510. The lowest BCUT2D eigenvalue weighted by atomic mass is 10.1. The van der Waals surface area contributed by atoms with Gasteiger partial charge in [-0.1, -0.05) is 13.8 Å². The van der Waals surface area contributed by atoms with Crippen molar-refractivity contribution in [3.8, 4) is 0 Å². The summed E-state index contributed by atoms with van der Waals surface area (Å²) in [5.41, 5.74) is 6.45. The molecule has 0 aliphatic carbocycles. The maximum atomic E-state index is 10.7. The summed E-state index contributed by atoms with van der Waals surface area (Å²) in [6.07, 6.45) is 0. The van der Waals surface area contributed by atoms with E-state index in [9.17, 15) is 4.79 Å². The quantitative estimate of drug-likeness (QED) is 0.771. The number of aromatic nitrogens is 1. The molecular formula is C12H14N2O2. The number of carboxylic acids is 1. The molecule has 0 spiro atoms. The zero-order chi connectivity index (χ0) is 12.1. The van der Waals surface area contributed by atoms with Gasteiger partial charge in [-0.25, -0.2) is 9.78 Å². The molecule has 0 bridgehead atoms. The van der Waals surface area contributed by atoms with Crippen molar-refractivity contribution in [2.24, 2.45) is 0 Å². The van der Waals surface area contributed by atoms with Gasteiger partial charge in [0.25, 0.3) is 0 Å². The van der Waals surface area contributed by atoms with Crippen LogP contribution in [0.25, 0.3) is 10.9 Å². The molecule has 4 heteroatoms. The number of carboxylic acid groups (broad SMARTS) is 1. The average Bonchev–Trinajstić information content (AvgIpc) is 2.30. The third-order valence-electron chi connectivity index (χ3n) is 1.96. The number of fused-ring (bicyclic) bond motifs is 1. The molecule has 0 amide bonds. The minimum atomic E-state index is -0.941. The first kappa shape index (κ1) is 12.0. The molecule has 0 atom stereocenters. The number of aromatic carboxylic acids is 1. The van der Waals surface area contributed by atoms with E-state index in [-0.39, 0.29) is 5.56 Å². The van der Waals surface area contributed by atoms with E-state index in [2.05, 4.69) is 4.98 Å². The van der Waals surface area contributed by atoms with Crippen LogP contribution in [0.15, 0.2) is 30.3 Å². The molecular weight excluding hydrogens is 204 g/mol. The molecule has 2 rings (SSSR count). The van der Waals surface area contributed by atoms with Gasteiger partial charge in [-0.05, 0) is 30.3 Å². The summed E-state index contributed by atoms with van der Waals surface area (Å²) < 4.78 is 0. The highest BCUT2D eigenvalue weighted by Gasteiger charge is 2.03. The van der Waals surface area contributed by atoms with Gasteiger partial charge >= 0.3 is 5.97 Å². The summed E-state index contributed by atoms with van der Waals surface area (Å²) in [7, 11) is 0. The predicted octanol–water partition coefficient (Wildman–Crippen LogP) is 2.54. The van der Waals surface area contributed by atoms with E-state index in [1.54, 1.807) is 24.3 Å². The molecule has 16 heavy (non-hydrogen) atoms. The molecule has 0 saturated heterocycles. The predicted molar refractivity (Wildman–Crippen MR) is 64.5 cm³/mol. The van der Waals surface area contributed by atoms with Crippen molar-refractivity contribution in [2.45, 2.75) is 13.8 Å². The SMILES string of the molecule is CC.Nc1ccc2cc(C(=O)O)ccc2n1. The number of anilines is 1. The van der Waals surface area contributed by atoms with Gasteiger partial charge in [0.05, 0.1) is 11.1 Å². The lowest BCUT2D eigenvalue weighted by Gasteiger charge is -1.99. The summed E-state index contributed by atoms with van der Waals surface area (Å²) >= 11 is 0. The van der Waals surface area contributed by atoms with Crippen molar-refractivity contribution in [1.29, 1.82) is 0 Å². The second-order valence-corrected chi connectivity index (χ2v) is 2.95. The molecule has 1 heterocycles. The van der Waals surface area contributed by atoms with Crippen molar-refractivity contribution in [3.63, 3.8) is 0 Å². The Bertz CT molecular complexity index is 509. The van der Waals surface area contributed by atoms with Gasteiger partial charge in [0.1, 0.15) is 5.82 Å². The first-order valence-corrected chi connectivity index (χ1v) is 5.06. The number of nitrogen functional groups attached to an aromatic ring is 1. The molecule has 0 aliphatic rings. The van der Waals surface area contributed by atoms with E-state index in [0.29, 0.717) is 11.3 Å². The Morgan fingerprint density at radius 1 is 1.25 bits per heavy atom. The fourth-order valence-electron chi connectivity index (χ4n) is 1.27. The Morgan fingerprint density at radius 2 is 1.94 bits per heavy atom. The first-order chi connectivity index (χ1) is 7.66. The Morgan fingerprint density at radius 3 is 2.56 bits per heavy atom. The van der Waals surface area contributed by atoms with Gasteiger partial charge in [0.2, 0.25) is 0 Å². The Hall–Kier alpha value is -2.10. The number of nitrogens with two attached hydrogens (primary N) is 1. The largest absolute Gasteiger partial charge is 0.478 e. The summed E-state index contributed by atoms with van der Waals surface area (Å²) in [6.45, 7) is 4.00. The number of rotatable bonds is 1. The standard InChI is InChI=1S/C10H8N2O2.C2H6/c11-9-4-2-6-5-7(10(13)14)1-3-8(6)12-9;1-2/h1-5H,(H2,11,12)(H,13,14);1-2H3. The van der Waals surface area contributed by atoms with Crippen molar-refractivity contribution >= 4 is 22.7 Å². The molecule has 0 aliphatic heterocycles. The van der Waals surface area contributed by atoms with Crippen LogP contribution in [0.4, 0.5) is 5.82 Å². The average molecular weight is 218 g/mol. The molecule has 2 aromatic rings. The number of carbonyl (C=O) groups is 1. The van der Waals surface area contributed by atoms with Crippen molar-refractivity contribution < 1.29 is 9.90 Å². The van der Waals surface area contributed by atoms with E-state index in [1.165, 1.54) is 6.07 Å². The van der Waals surface area contributed by atoms with E-state index in [4.69, 9.17) is 10.8 Å². The molecule has 1 aromatic carbocycles. The van der Waals surface area contributed by atoms with E-state index >= 15 is 0 Å². The molecule has 0 unspecified atom stereocenters.